The van der Waals surface area contributed by atoms with E-state index in [2.05, 4.69) is 26.8 Å². The van der Waals surface area contributed by atoms with Gasteiger partial charge >= 0.3 is 6.18 Å². The van der Waals surface area contributed by atoms with E-state index in [9.17, 15) is 13.2 Å². The molecule has 9 heteroatoms. The normalized spacial score (nSPS) is 19.2. The lowest BCUT2D eigenvalue weighted by molar-refractivity contribution is -0.141. The van der Waals surface area contributed by atoms with E-state index in [0.717, 1.165) is 31.1 Å². The Balaban J connectivity index is 1.58. The van der Waals surface area contributed by atoms with Crippen LogP contribution in [0.1, 0.15) is 54.6 Å². The molecule has 3 aromatic heterocycles. The standard InChI is InChI=1S/C21H23F3N4O2/c1-12(16-6-7-17-20(26-16)25-13(2)30-17)28-8-4-5-14(11-28)15-9-18(21(22,23)24)27-19(10-15)29-3/h6-7,9-10,12,14H,4-5,8,11H2,1-3H3. The molecule has 1 aliphatic rings. The van der Waals surface area contributed by atoms with Crippen molar-refractivity contribution in [3.8, 4) is 5.88 Å². The Bertz CT molecular complexity index is 1050. The van der Waals surface area contributed by atoms with Crippen LogP contribution in [0.25, 0.3) is 11.2 Å². The number of oxazole rings is 1. The molecule has 4 rings (SSSR count). The van der Waals surface area contributed by atoms with Gasteiger partial charge in [0.2, 0.25) is 5.88 Å². The van der Waals surface area contributed by atoms with Gasteiger partial charge < -0.3 is 9.15 Å². The molecule has 1 aliphatic heterocycles. The topological polar surface area (TPSA) is 64.3 Å². The van der Waals surface area contributed by atoms with Crippen LogP contribution in [-0.2, 0) is 6.18 Å². The molecule has 0 radical (unpaired) electrons. The van der Waals surface area contributed by atoms with Gasteiger partial charge in [0.1, 0.15) is 5.69 Å². The monoisotopic (exact) mass is 420 g/mol. The van der Waals surface area contributed by atoms with Gasteiger partial charge in [-0.25, -0.2) is 9.97 Å². The van der Waals surface area contributed by atoms with Gasteiger partial charge in [0, 0.05) is 25.6 Å². The van der Waals surface area contributed by atoms with E-state index in [1.165, 1.54) is 7.11 Å². The zero-order valence-electron chi connectivity index (χ0n) is 17.0. The first kappa shape index (κ1) is 20.6. The lowest BCUT2D eigenvalue weighted by atomic mass is 9.89. The van der Waals surface area contributed by atoms with Crippen LogP contribution in [-0.4, -0.2) is 40.1 Å². The van der Waals surface area contributed by atoms with E-state index in [0.29, 0.717) is 29.2 Å². The molecule has 0 saturated carbocycles. The van der Waals surface area contributed by atoms with Crippen molar-refractivity contribution in [2.45, 2.75) is 44.8 Å². The summed E-state index contributed by atoms with van der Waals surface area (Å²) in [4.78, 5) is 14.7. The minimum atomic E-state index is -4.51. The number of aromatic nitrogens is 3. The lowest BCUT2D eigenvalue weighted by Gasteiger charge is -2.37. The zero-order valence-corrected chi connectivity index (χ0v) is 17.0. The van der Waals surface area contributed by atoms with Crippen molar-refractivity contribution in [1.82, 2.24) is 19.9 Å². The molecular weight excluding hydrogens is 397 g/mol. The molecule has 3 aromatic rings. The summed E-state index contributed by atoms with van der Waals surface area (Å²) in [5.74, 6) is 0.503. The number of likely N-dealkylation sites (tertiary alicyclic amines) is 1. The highest BCUT2D eigenvalue weighted by Gasteiger charge is 2.35. The van der Waals surface area contributed by atoms with Gasteiger partial charge in [0.05, 0.1) is 12.8 Å². The predicted molar refractivity (Wildman–Crippen MR) is 104 cm³/mol. The molecule has 1 saturated heterocycles. The smallest absolute Gasteiger partial charge is 0.433 e. The number of hydrogen-bond donors (Lipinski definition) is 0. The number of methoxy groups -OCH3 is 1. The highest BCUT2D eigenvalue weighted by Crippen LogP contribution is 2.36. The molecule has 4 heterocycles. The number of fused-ring (bicyclic) bond motifs is 1. The third-order valence-corrected chi connectivity index (χ3v) is 5.61. The Hall–Kier alpha value is -2.68. The average Bonchev–Trinajstić information content (AvgIpc) is 3.11. The van der Waals surface area contributed by atoms with Crippen molar-refractivity contribution in [2.24, 2.45) is 0 Å². The number of aryl methyl sites for hydroxylation is 1. The molecule has 0 bridgehead atoms. The number of rotatable bonds is 4. The fourth-order valence-corrected chi connectivity index (χ4v) is 4.00. The lowest BCUT2D eigenvalue weighted by Crippen LogP contribution is -2.36. The van der Waals surface area contributed by atoms with E-state index < -0.39 is 11.9 Å². The van der Waals surface area contributed by atoms with Crippen LogP contribution >= 0.6 is 0 Å². The van der Waals surface area contributed by atoms with E-state index in [1.807, 2.05) is 12.1 Å². The van der Waals surface area contributed by atoms with Gasteiger partial charge in [-0.05, 0) is 56.0 Å². The fourth-order valence-electron chi connectivity index (χ4n) is 4.00. The molecule has 0 spiro atoms. The van der Waals surface area contributed by atoms with Gasteiger partial charge in [-0.15, -0.1) is 0 Å². The van der Waals surface area contributed by atoms with E-state index in [4.69, 9.17) is 9.15 Å². The maximum absolute atomic E-state index is 13.3. The molecule has 0 aliphatic carbocycles. The maximum Gasteiger partial charge on any atom is 0.433 e. The Morgan fingerprint density at radius 1 is 1.20 bits per heavy atom. The summed E-state index contributed by atoms with van der Waals surface area (Å²) >= 11 is 0. The molecule has 2 atom stereocenters. The van der Waals surface area contributed by atoms with Crippen molar-refractivity contribution in [2.75, 3.05) is 20.2 Å². The summed E-state index contributed by atoms with van der Waals surface area (Å²) in [6.45, 7) is 5.31. The summed E-state index contributed by atoms with van der Waals surface area (Å²) in [7, 11) is 1.33. The minimum Gasteiger partial charge on any atom is -0.481 e. The molecule has 0 amide bonds. The van der Waals surface area contributed by atoms with Crippen LogP contribution in [0.15, 0.2) is 28.7 Å². The first-order valence-electron chi connectivity index (χ1n) is 9.86. The summed E-state index contributed by atoms with van der Waals surface area (Å²) < 4.78 is 50.3. The summed E-state index contributed by atoms with van der Waals surface area (Å²) in [5, 5.41) is 0. The van der Waals surface area contributed by atoms with Crippen LogP contribution in [0.5, 0.6) is 5.88 Å². The molecule has 6 nitrogen and oxygen atoms in total. The number of alkyl halides is 3. The molecular formula is C21H23F3N4O2. The maximum atomic E-state index is 13.3. The van der Waals surface area contributed by atoms with Crippen LogP contribution in [0.2, 0.25) is 0 Å². The quantitative estimate of drug-likeness (QED) is 0.599. The van der Waals surface area contributed by atoms with Crippen molar-refractivity contribution in [3.63, 3.8) is 0 Å². The molecule has 2 unspecified atom stereocenters. The number of pyridine rings is 2. The largest absolute Gasteiger partial charge is 0.481 e. The molecule has 0 aromatic carbocycles. The summed E-state index contributed by atoms with van der Waals surface area (Å²) in [6, 6.07) is 6.53. The summed E-state index contributed by atoms with van der Waals surface area (Å²) in [5.41, 5.74) is 1.75. The SMILES string of the molecule is COc1cc(C2CCCN(C(C)c3ccc4oc(C)nc4n3)C2)cc(C(F)(F)F)n1. The van der Waals surface area contributed by atoms with Crippen molar-refractivity contribution in [3.05, 3.63) is 47.1 Å². The Kier molecular flexibility index (Phi) is 5.40. The van der Waals surface area contributed by atoms with Gasteiger partial charge in [-0.3, -0.25) is 4.90 Å². The average molecular weight is 420 g/mol. The third-order valence-electron chi connectivity index (χ3n) is 5.61. The Labute approximate surface area is 172 Å². The zero-order chi connectivity index (χ0) is 21.5. The second-order valence-electron chi connectivity index (χ2n) is 7.63. The Morgan fingerprint density at radius 2 is 2.00 bits per heavy atom. The molecule has 1 fully saturated rings. The number of piperidine rings is 1. The Morgan fingerprint density at radius 3 is 2.73 bits per heavy atom. The van der Waals surface area contributed by atoms with Crippen LogP contribution < -0.4 is 4.74 Å². The number of halogens is 3. The third kappa shape index (κ3) is 4.12. The summed E-state index contributed by atoms with van der Waals surface area (Å²) in [6.07, 6.45) is -2.82. The first-order chi connectivity index (χ1) is 14.2. The number of hydrogen-bond acceptors (Lipinski definition) is 6. The predicted octanol–water partition coefficient (Wildman–Crippen LogP) is 4.89. The molecule has 0 N–H and O–H groups in total. The molecule has 160 valence electrons. The van der Waals surface area contributed by atoms with Gasteiger partial charge in [-0.2, -0.15) is 18.2 Å². The highest BCUT2D eigenvalue weighted by atomic mass is 19.4. The number of ether oxygens (including phenoxy) is 1. The van der Waals surface area contributed by atoms with Crippen molar-refractivity contribution < 1.29 is 22.3 Å². The second-order valence-corrected chi connectivity index (χ2v) is 7.63. The fraction of sp³-hybridized carbons (Fsp3) is 0.476. The van der Waals surface area contributed by atoms with E-state index in [1.54, 1.807) is 13.0 Å². The van der Waals surface area contributed by atoms with Gasteiger partial charge in [0.15, 0.2) is 17.1 Å². The second kappa shape index (κ2) is 7.86. The van der Waals surface area contributed by atoms with Gasteiger partial charge in [-0.1, -0.05) is 0 Å². The first-order valence-corrected chi connectivity index (χ1v) is 9.86. The van der Waals surface area contributed by atoms with Crippen LogP contribution in [0.4, 0.5) is 13.2 Å². The molecule has 30 heavy (non-hydrogen) atoms. The highest BCUT2D eigenvalue weighted by molar-refractivity contribution is 5.67. The van der Waals surface area contributed by atoms with Crippen molar-refractivity contribution in [1.29, 1.82) is 0 Å². The van der Waals surface area contributed by atoms with Crippen LogP contribution in [0, 0.1) is 6.92 Å². The van der Waals surface area contributed by atoms with E-state index >= 15 is 0 Å². The van der Waals surface area contributed by atoms with Gasteiger partial charge in [0.25, 0.3) is 0 Å². The van der Waals surface area contributed by atoms with E-state index in [-0.39, 0.29) is 17.8 Å². The minimum absolute atomic E-state index is 0.0000236. The van der Waals surface area contributed by atoms with Crippen molar-refractivity contribution >= 4 is 11.2 Å². The number of nitrogens with zero attached hydrogens (tertiary/aromatic N) is 4. The van der Waals surface area contributed by atoms with Crippen LogP contribution in [0.3, 0.4) is 0 Å².